The molecule has 0 bridgehead atoms. The van der Waals surface area contributed by atoms with Crippen molar-refractivity contribution in [1.82, 2.24) is 0 Å². The number of anilines is 1. The number of hydrogen-bond acceptors (Lipinski definition) is 2. The Morgan fingerprint density at radius 3 is 2.67 bits per heavy atom. The van der Waals surface area contributed by atoms with E-state index in [9.17, 15) is 0 Å². The van der Waals surface area contributed by atoms with Crippen molar-refractivity contribution in [2.75, 3.05) is 24.5 Å². The molecule has 15 heavy (non-hydrogen) atoms. The Bertz CT molecular complexity index is 312. The van der Waals surface area contributed by atoms with Gasteiger partial charge in [0.25, 0.3) is 0 Å². The van der Waals surface area contributed by atoms with E-state index in [0.717, 1.165) is 26.1 Å². The standard InChI is InChI=1S/C12H19BrN2/c1-3-15(8-4-7-14)12-6-5-10(2)9-11(12)13/h5-6,9H,3-4,7-8,14H2,1-2H3. The molecular weight excluding hydrogens is 252 g/mol. The summed E-state index contributed by atoms with van der Waals surface area (Å²) < 4.78 is 1.17. The molecule has 84 valence electrons. The number of halogens is 1. The third-order valence-electron chi connectivity index (χ3n) is 2.46. The molecule has 2 N–H and O–H groups in total. The SMILES string of the molecule is CCN(CCCN)c1ccc(C)cc1Br. The Morgan fingerprint density at radius 2 is 2.13 bits per heavy atom. The van der Waals surface area contributed by atoms with E-state index in [2.05, 4.69) is 52.9 Å². The molecule has 0 saturated heterocycles. The minimum atomic E-state index is 0.750. The predicted molar refractivity (Wildman–Crippen MR) is 70.4 cm³/mol. The minimum Gasteiger partial charge on any atom is -0.371 e. The summed E-state index contributed by atoms with van der Waals surface area (Å²) >= 11 is 3.61. The fourth-order valence-electron chi connectivity index (χ4n) is 1.60. The minimum absolute atomic E-state index is 0.750. The van der Waals surface area contributed by atoms with Crippen LogP contribution >= 0.6 is 15.9 Å². The Morgan fingerprint density at radius 1 is 1.40 bits per heavy atom. The molecule has 0 spiro atoms. The van der Waals surface area contributed by atoms with Gasteiger partial charge in [0.2, 0.25) is 0 Å². The summed E-state index contributed by atoms with van der Waals surface area (Å²) in [7, 11) is 0. The van der Waals surface area contributed by atoms with Gasteiger partial charge in [0.15, 0.2) is 0 Å². The Kier molecular flexibility index (Phi) is 5.12. The van der Waals surface area contributed by atoms with Crippen LogP contribution in [0, 0.1) is 6.92 Å². The van der Waals surface area contributed by atoms with Gasteiger partial charge in [0, 0.05) is 17.6 Å². The molecular formula is C12H19BrN2. The van der Waals surface area contributed by atoms with Crippen molar-refractivity contribution in [3.8, 4) is 0 Å². The van der Waals surface area contributed by atoms with Crippen LogP contribution < -0.4 is 10.6 Å². The van der Waals surface area contributed by atoms with Gasteiger partial charge in [-0.3, -0.25) is 0 Å². The third kappa shape index (κ3) is 3.50. The number of rotatable bonds is 5. The highest BCUT2D eigenvalue weighted by Gasteiger charge is 2.07. The van der Waals surface area contributed by atoms with Crippen LogP contribution in [0.3, 0.4) is 0 Å². The van der Waals surface area contributed by atoms with Gasteiger partial charge in [-0.05, 0) is 60.4 Å². The summed E-state index contributed by atoms with van der Waals surface area (Å²) in [5, 5.41) is 0. The largest absolute Gasteiger partial charge is 0.371 e. The first-order valence-corrected chi connectivity index (χ1v) is 6.19. The normalized spacial score (nSPS) is 10.4. The van der Waals surface area contributed by atoms with Crippen molar-refractivity contribution in [3.05, 3.63) is 28.2 Å². The molecule has 0 atom stereocenters. The second-order valence-electron chi connectivity index (χ2n) is 3.68. The van der Waals surface area contributed by atoms with E-state index >= 15 is 0 Å². The number of aryl methyl sites for hydroxylation is 1. The molecule has 3 heteroatoms. The first-order chi connectivity index (χ1) is 7.19. The third-order valence-corrected chi connectivity index (χ3v) is 3.09. The van der Waals surface area contributed by atoms with Gasteiger partial charge in [-0.1, -0.05) is 6.07 Å². The van der Waals surface area contributed by atoms with Gasteiger partial charge in [-0.25, -0.2) is 0 Å². The summed E-state index contributed by atoms with van der Waals surface area (Å²) in [6.45, 7) is 7.06. The van der Waals surface area contributed by atoms with E-state index in [1.807, 2.05) is 0 Å². The topological polar surface area (TPSA) is 29.3 Å². The molecule has 0 heterocycles. The number of nitrogens with zero attached hydrogens (tertiary/aromatic N) is 1. The van der Waals surface area contributed by atoms with Crippen LogP contribution in [0.25, 0.3) is 0 Å². The maximum absolute atomic E-state index is 5.53. The Balaban J connectivity index is 2.81. The van der Waals surface area contributed by atoms with Gasteiger partial charge in [-0.2, -0.15) is 0 Å². The van der Waals surface area contributed by atoms with Crippen LogP contribution in [0.5, 0.6) is 0 Å². The van der Waals surface area contributed by atoms with Gasteiger partial charge in [-0.15, -0.1) is 0 Å². The molecule has 0 aromatic heterocycles. The lowest BCUT2D eigenvalue weighted by atomic mass is 10.2. The summed E-state index contributed by atoms with van der Waals surface area (Å²) in [5.74, 6) is 0. The summed E-state index contributed by atoms with van der Waals surface area (Å²) in [6.07, 6.45) is 1.04. The van der Waals surface area contributed by atoms with Crippen LogP contribution in [0.1, 0.15) is 18.9 Å². The first kappa shape index (κ1) is 12.5. The molecule has 0 unspecified atom stereocenters. The highest BCUT2D eigenvalue weighted by atomic mass is 79.9. The fourth-order valence-corrected chi connectivity index (χ4v) is 2.34. The lowest BCUT2D eigenvalue weighted by Gasteiger charge is -2.24. The average molecular weight is 271 g/mol. The van der Waals surface area contributed by atoms with E-state index in [0.29, 0.717) is 0 Å². The van der Waals surface area contributed by atoms with Gasteiger partial charge < -0.3 is 10.6 Å². The van der Waals surface area contributed by atoms with Crippen molar-refractivity contribution in [1.29, 1.82) is 0 Å². The first-order valence-electron chi connectivity index (χ1n) is 5.40. The van der Waals surface area contributed by atoms with E-state index in [1.165, 1.54) is 15.7 Å². The molecule has 0 radical (unpaired) electrons. The summed E-state index contributed by atoms with van der Waals surface area (Å²) in [4.78, 5) is 2.34. The zero-order valence-electron chi connectivity index (χ0n) is 9.46. The van der Waals surface area contributed by atoms with Crippen molar-refractivity contribution < 1.29 is 0 Å². The van der Waals surface area contributed by atoms with Crippen LogP contribution in [0.15, 0.2) is 22.7 Å². The Labute approximate surface area is 101 Å². The van der Waals surface area contributed by atoms with Crippen molar-refractivity contribution >= 4 is 21.6 Å². The zero-order valence-corrected chi connectivity index (χ0v) is 11.0. The quantitative estimate of drug-likeness (QED) is 0.892. The molecule has 0 aliphatic rings. The molecule has 1 rings (SSSR count). The molecule has 0 aliphatic carbocycles. The maximum Gasteiger partial charge on any atom is 0.0510 e. The fraction of sp³-hybridized carbons (Fsp3) is 0.500. The molecule has 2 nitrogen and oxygen atoms in total. The van der Waals surface area contributed by atoms with E-state index in [4.69, 9.17) is 5.73 Å². The van der Waals surface area contributed by atoms with Crippen LogP contribution in [-0.2, 0) is 0 Å². The molecule has 0 saturated carbocycles. The maximum atomic E-state index is 5.53. The number of hydrogen-bond donors (Lipinski definition) is 1. The second-order valence-corrected chi connectivity index (χ2v) is 4.53. The van der Waals surface area contributed by atoms with E-state index in [-0.39, 0.29) is 0 Å². The average Bonchev–Trinajstić information content (AvgIpc) is 2.21. The zero-order chi connectivity index (χ0) is 11.3. The molecule has 1 aromatic carbocycles. The predicted octanol–water partition coefficient (Wildman–Crippen LogP) is 2.93. The van der Waals surface area contributed by atoms with Crippen LogP contribution in [0.2, 0.25) is 0 Å². The number of nitrogens with two attached hydrogens (primary N) is 1. The van der Waals surface area contributed by atoms with E-state index in [1.54, 1.807) is 0 Å². The highest BCUT2D eigenvalue weighted by molar-refractivity contribution is 9.10. The Hall–Kier alpha value is -0.540. The smallest absolute Gasteiger partial charge is 0.0510 e. The molecule has 0 amide bonds. The molecule has 0 fully saturated rings. The van der Waals surface area contributed by atoms with Gasteiger partial charge >= 0.3 is 0 Å². The van der Waals surface area contributed by atoms with Crippen LogP contribution in [0.4, 0.5) is 5.69 Å². The highest BCUT2D eigenvalue weighted by Crippen LogP contribution is 2.27. The van der Waals surface area contributed by atoms with Crippen molar-refractivity contribution in [2.45, 2.75) is 20.3 Å². The summed E-state index contributed by atoms with van der Waals surface area (Å²) in [5.41, 5.74) is 8.07. The summed E-state index contributed by atoms with van der Waals surface area (Å²) in [6, 6.07) is 6.46. The lowest BCUT2D eigenvalue weighted by Crippen LogP contribution is -2.26. The van der Waals surface area contributed by atoms with Gasteiger partial charge in [0.05, 0.1) is 5.69 Å². The molecule has 1 aromatic rings. The van der Waals surface area contributed by atoms with Crippen molar-refractivity contribution in [2.24, 2.45) is 5.73 Å². The monoisotopic (exact) mass is 270 g/mol. The lowest BCUT2D eigenvalue weighted by molar-refractivity contribution is 0.753. The van der Waals surface area contributed by atoms with Gasteiger partial charge in [0.1, 0.15) is 0 Å². The van der Waals surface area contributed by atoms with Crippen molar-refractivity contribution in [3.63, 3.8) is 0 Å². The number of benzene rings is 1. The second kappa shape index (κ2) is 6.13. The molecule has 0 aliphatic heterocycles. The van der Waals surface area contributed by atoms with Crippen LogP contribution in [-0.4, -0.2) is 19.6 Å². The van der Waals surface area contributed by atoms with E-state index < -0.39 is 0 Å².